The van der Waals surface area contributed by atoms with E-state index >= 15 is 0 Å². The molecule has 1 aliphatic carbocycles. The molecule has 0 aromatic carbocycles. The van der Waals surface area contributed by atoms with Gasteiger partial charge >= 0.3 is 0 Å². The molecule has 1 radical (unpaired) electrons. The van der Waals surface area contributed by atoms with Gasteiger partial charge in [0.05, 0.1) is 0 Å². The van der Waals surface area contributed by atoms with Gasteiger partial charge in [-0.2, -0.15) is 5.41 Å². The fourth-order valence-corrected chi connectivity index (χ4v) is 1.62. The predicted octanol–water partition coefficient (Wildman–Crippen LogP) is 2.60. The number of Topliss-reactive ketones (excluding diaryl/α,β-unsaturated/α-hetero) is 1. The summed E-state index contributed by atoms with van der Waals surface area (Å²) in [5.41, 5.74) is 0.199. The molecular weight excluding hydrogens is 589 g/mol. The van der Waals surface area contributed by atoms with Gasteiger partial charge < -0.3 is 11.2 Å². The van der Waals surface area contributed by atoms with Crippen molar-refractivity contribution in [2.24, 2.45) is 11.3 Å². The number of ketones is 1. The number of hydrogen-bond acceptors (Lipinski definition) is 1. The molecule has 0 heterocycles. The van der Waals surface area contributed by atoms with E-state index in [1.54, 1.807) is 0 Å². The first-order chi connectivity index (χ1) is 4.99. The van der Waals surface area contributed by atoms with Crippen LogP contribution in [0, 0.1) is 17.8 Å². The van der Waals surface area contributed by atoms with Gasteiger partial charge in [-0.3, -0.25) is 0 Å². The minimum atomic E-state index is 0. The van der Waals surface area contributed by atoms with E-state index in [0.29, 0.717) is 5.78 Å². The number of carbonyl (C=O) groups excluding carboxylic acids is 1. The zero-order valence-electron chi connectivity index (χ0n) is 8.77. The number of rotatable bonds is 1. The van der Waals surface area contributed by atoms with Crippen LogP contribution < -0.4 is 0 Å². The third-order valence-electron chi connectivity index (χ3n) is 2.05. The first kappa shape index (κ1) is 14.8. The summed E-state index contributed by atoms with van der Waals surface area (Å²) in [5, 5.41) is 0. The zero-order valence-corrected chi connectivity index (χ0v) is 17.9. The Hall–Kier alpha value is -0.668. The summed E-state index contributed by atoms with van der Waals surface area (Å²) in [6.45, 7) is 6.45. The van der Waals surface area contributed by atoms with Crippen molar-refractivity contribution < 1.29 is 25.2 Å². The molecule has 0 bridgehead atoms. The fourth-order valence-electron chi connectivity index (χ4n) is 1.62. The van der Waals surface area contributed by atoms with Crippen molar-refractivity contribution in [3.63, 3.8) is 0 Å². The topological polar surface area (TPSA) is 17.1 Å². The van der Waals surface area contributed by atoms with Crippen molar-refractivity contribution in [2.45, 2.75) is 40.0 Å². The third kappa shape index (κ3) is 4.80. The molecule has 0 spiro atoms. The van der Waals surface area contributed by atoms with Gasteiger partial charge in [0.1, 0.15) is 5.78 Å². The van der Waals surface area contributed by atoms with E-state index in [1.807, 2.05) is 0 Å². The van der Waals surface area contributed by atoms with Crippen LogP contribution in [0.2, 0.25) is 0 Å². The van der Waals surface area contributed by atoms with E-state index in [0.717, 1.165) is 19.3 Å². The molecule has 1 unspecified atom stereocenters. The van der Waals surface area contributed by atoms with Crippen molar-refractivity contribution >= 4 is 5.78 Å². The normalized spacial score (nSPS) is 22.1. The molecule has 1 aliphatic rings. The molecule has 1 atom stereocenters. The van der Waals surface area contributed by atoms with Gasteiger partial charge in [-0.1, -0.05) is 27.2 Å². The Kier molecular flexibility index (Phi) is 5.87. The Labute approximate surface area is 89.0 Å². The maximum atomic E-state index is 11.2. The standard InChI is InChI=1S/C10H17O.Re.Rf/c1-10(2,3)7-8-5-4-6-9(8)11;;/h7-8H,4-6H2,1-3H3;;/q-1;;. The summed E-state index contributed by atoms with van der Waals surface area (Å²) in [6, 6.07) is 0. The second kappa shape index (κ2) is 5.15. The SMILES string of the molecule is CC(C)(C)[CH-]C1CCCC1=O.[Re].[Rf]. The summed E-state index contributed by atoms with van der Waals surface area (Å²) >= 11 is 0. The maximum absolute atomic E-state index is 11.2. The van der Waals surface area contributed by atoms with E-state index in [9.17, 15) is 4.79 Å². The van der Waals surface area contributed by atoms with Crippen LogP contribution in [0.25, 0.3) is 0 Å². The van der Waals surface area contributed by atoms with Crippen LogP contribution >= 0.6 is 0 Å². The molecule has 1 saturated carbocycles. The van der Waals surface area contributed by atoms with E-state index in [-0.39, 0.29) is 31.8 Å². The Morgan fingerprint density at radius 1 is 1.38 bits per heavy atom. The van der Waals surface area contributed by atoms with E-state index in [4.69, 9.17) is 0 Å². The van der Waals surface area contributed by atoms with Crippen LogP contribution in [0.1, 0.15) is 40.0 Å². The van der Waals surface area contributed by atoms with E-state index in [2.05, 4.69) is 27.2 Å². The monoisotopic (exact) mass is 607 g/mol. The van der Waals surface area contributed by atoms with Crippen LogP contribution in [0.4, 0.5) is 0 Å². The van der Waals surface area contributed by atoms with Gasteiger partial charge in [0.15, 0.2) is 0 Å². The molecule has 73 valence electrons. The first-order valence-electron chi connectivity index (χ1n) is 4.38. The summed E-state index contributed by atoms with van der Waals surface area (Å²) in [7, 11) is 0. The van der Waals surface area contributed by atoms with Gasteiger partial charge in [-0.25, -0.2) is 0 Å². The van der Waals surface area contributed by atoms with Crippen molar-refractivity contribution in [1.82, 2.24) is 0 Å². The van der Waals surface area contributed by atoms with Crippen molar-refractivity contribution in [3.05, 3.63) is 6.42 Å². The summed E-state index contributed by atoms with van der Waals surface area (Å²) in [6.07, 6.45) is 5.17. The van der Waals surface area contributed by atoms with Gasteiger partial charge in [0.25, 0.3) is 0 Å². The van der Waals surface area contributed by atoms with Crippen LogP contribution in [0.3, 0.4) is 0 Å². The Morgan fingerprint density at radius 3 is 2.23 bits per heavy atom. The molecule has 0 amide bonds. The minimum absolute atomic E-state index is 0. The van der Waals surface area contributed by atoms with Gasteiger partial charge in [-0.05, 0) is 6.42 Å². The molecule has 3 heteroatoms. The molecule has 1 nitrogen and oxygen atoms in total. The molecule has 13 heavy (non-hydrogen) atoms. The van der Waals surface area contributed by atoms with Gasteiger partial charge in [-0.15, -0.1) is 5.92 Å². The Bertz CT molecular complexity index is 163. The van der Waals surface area contributed by atoms with Gasteiger partial charge in [0.2, 0.25) is 0 Å². The number of hydrogen-bond donors (Lipinski definition) is 0. The Balaban J connectivity index is 0. The predicted molar refractivity (Wildman–Crippen MR) is 46.1 cm³/mol. The minimum Gasteiger partial charge on any atom is -0.313 e. The summed E-state index contributed by atoms with van der Waals surface area (Å²) in [4.78, 5) is 11.2. The summed E-state index contributed by atoms with van der Waals surface area (Å²) in [5.74, 6) is 0.704. The van der Waals surface area contributed by atoms with Crippen molar-refractivity contribution in [3.8, 4) is 0 Å². The van der Waals surface area contributed by atoms with E-state index < -0.39 is 0 Å². The average Bonchev–Trinajstić information content (AvgIpc) is 2.12. The van der Waals surface area contributed by atoms with Crippen molar-refractivity contribution in [1.29, 1.82) is 0 Å². The quantitative estimate of drug-likeness (QED) is 0.420. The third-order valence-corrected chi connectivity index (χ3v) is 2.05. The first-order valence-corrected chi connectivity index (χ1v) is 4.38. The summed E-state index contributed by atoms with van der Waals surface area (Å²) < 4.78 is 0. The van der Waals surface area contributed by atoms with Crippen molar-refractivity contribution in [2.75, 3.05) is 0 Å². The molecule has 0 aromatic heterocycles. The average molecular weight is 606 g/mol. The zero-order chi connectivity index (χ0) is 8.48. The molecular formula is C10H17OReRf-. The largest absolute Gasteiger partial charge is 0.313 e. The molecule has 1 fully saturated rings. The van der Waals surface area contributed by atoms with Crippen LogP contribution in [-0.2, 0) is 25.2 Å². The smallest absolute Gasteiger partial charge is 0.106 e. The molecule has 0 N–H and O–H groups in total. The second-order valence-electron chi connectivity index (χ2n) is 4.50. The molecule has 0 aliphatic heterocycles. The number of carbonyl (C=O) groups is 1. The van der Waals surface area contributed by atoms with E-state index in [1.165, 1.54) is 0 Å². The Morgan fingerprint density at radius 2 is 1.92 bits per heavy atom. The molecule has 1 rings (SSSR count). The fraction of sp³-hybridized carbons (Fsp3) is 0.800. The maximum Gasteiger partial charge on any atom is 0.106 e. The van der Waals surface area contributed by atoms with Crippen LogP contribution in [0.5, 0.6) is 0 Å². The molecule has 0 saturated heterocycles. The van der Waals surface area contributed by atoms with Crippen LogP contribution in [0.15, 0.2) is 0 Å². The van der Waals surface area contributed by atoms with Gasteiger partial charge in [0, 0.05) is 26.8 Å². The molecule has 0 aromatic rings. The second-order valence-corrected chi connectivity index (χ2v) is 4.50. The van der Waals surface area contributed by atoms with Crippen LogP contribution in [-0.4, -0.2) is 5.78 Å².